The molecule has 1 rings (SSSR count). The highest BCUT2D eigenvalue weighted by atomic mass is 79.9. The van der Waals surface area contributed by atoms with E-state index >= 15 is 0 Å². The number of anilines is 1. The van der Waals surface area contributed by atoms with Gasteiger partial charge in [-0.1, -0.05) is 18.1 Å². The van der Waals surface area contributed by atoms with Gasteiger partial charge < -0.3 is 5.32 Å². The van der Waals surface area contributed by atoms with Crippen molar-refractivity contribution in [3.05, 3.63) is 28.2 Å². The molecule has 2 N–H and O–H groups in total. The molecule has 1 amide bonds. The summed E-state index contributed by atoms with van der Waals surface area (Å²) in [5, 5.41) is 5.62. The molecule has 0 radical (unpaired) electrons. The first-order chi connectivity index (χ1) is 7.65. The van der Waals surface area contributed by atoms with Gasteiger partial charge in [-0.25, -0.2) is 0 Å². The van der Waals surface area contributed by atoms with Gasteiger partial charge in [0.25, 0.3) is 0 Å². The number of carbonyl (C=O) groups is 1. The van der Waals surface area contributed by atoms with Crippen LogP contribution in [0.25, 0.3) is 0 Å². The van der Waals surface area contributed by atoms with E-state index in [1.807, 2.05) is 25.1 Å². The van der Waals surface area contributed by atoms with E-state index in [0.29, 0.717) is 6.54 Å². The summed E-state index contributed by atoms with van der Waals surface area (Å²) in [4.78, 5) is 11.5. The van der Waals surface area contributed by atoms with Crippen molar-refractivity contribution in [2.45, 2.75) is 6.92 Å². The Morgan fingerprint density at radius 2 is 2.31 bits per heavy atom. The lowest BCUT2D eigenvalue weighted by atomic mass is 10.2. The molecule has 1 aromatic carbocycles. The lowest BCUT2D eigenvalue weighted by molar-refractivity contribution is -0.115. The van der Waals surface area contributed by atoms with Crippen LogP contribution in [0.1, 0.15) is 5.56 Å². The normalized spacial score (nSPS) is 9.56. The summed E-state index contributed by atoms with van der Waals surface area (Å²) in [6.45, 7) is 2.57. The van der Waals surface area contributed by atoms with Crippen molar-refractivity contribution in [3.63, 3.8) is 0 Å². The second-order valence-corrected chi connectivity index (χ2v) is 4.09. The van der Waals surface area contributed by atoms with Crippen molar-refractivity contribution in [1.82, 2.24) is 5.32 Å². The summed E-state index contributed by atoms with van der Waals surface area (Å²) in [7, 11) is 0. The number of carbonyl (C=O) groups excluding carboxylic acids is 1. The molecule has 0 fully saturated rings. The van der Waals surface area contributed by atoms with Crippen molar-refractivity contribution in [2.24, 2.45) is 0 Å². The minimum atomic E-state index is -0.110. The van der Waals surface area contributed by atoms with Crippen molar-refractivity contribution >= 4 is 27.5 Å². The van der Waals surface area contributed by atoms with E-state index in [1.54, 1.807) is 0 Å². The van der Waals surface area contributed by atoms with Crippen LogP contribution >= 0.6 is 15.9 Å². The smallest absolute Gasteiger partial charge is 0.238 e. The minimum Gasteiger partial charge on any atom is -0.324 e. The Morgan fingerprint density at radius 3 is 3.00 bits per heavy atom. The molecule has 0 saturated carbocycles. The minimum absolute atomic E-state index is 0.110. The highest BCUT2D eigenvalue weighted by molar-refractivity contribution is 9.10. The van der Waals surface area contributed by atoms with Crippen LogP contribution < -0.4 is 10.6 Å². The number of amides is 1. The molecule has 0 bridgehead atoms. The van der Waals surface area contributed by atoms with Crippen molar-refractivity contribution in [3.8, 4) is 12.3 Å². The molecule has 0 aromatic heterocycles. The standard InChI is InChI=1S/C12H13BrN2O/c1-3-7-14-8-11(16)15-10-6-4-5-9(2)12(10)13/h1,4-6,14H,7-8H2,2H3,(H,15,16). The molecule has 0 aliphatic heterocycles. The summed E-state index contributed by atoms with van der Waals surface area (Å²) >= 11 is 3.42. The monoisotopic (exact) mass is 280 g/mol. The number of aryl methyl sites for hydroxylation is 1. The lowest BCUT2D eigenvalue weighted by Gasteiger charge is -2.08. The molecule has 0 aliphatic carbocycles. The molecule has 0 unspecified atom stereocenters. The fraction of sp³-hybridized carbons (Fsp3) is 0.250. The Balaban J connectivity index is 2.57. The Labute approximate surface area is 104 Å². The molecule has 84 valence electrons. The fourth-order valence-electron chi connectivity index (χ4n) is 1.19. The van der Waals surface area contributed by atoms with Crippen LogP contribution in [0.2, 0.25) is 0 Å². The molecule has 0 atom stereocenters. The number of benzene rings is 1. The second-order valence-electron chi connectivity index (χ2n) is 3.29. The van der Waals surface area contributed by atoms with Gasteiger partial charge >= 0.3 is 0 Å². The Morgan fingerprint density at radius 1 is 1.56 bits per heavy atom. The van der Waals surface area contributed by atoms with Gasteiger partial charge in [-0.05, 0) is 34.5 Å². The van der Waals surface area contributed by atoms with E-state index in [4.69, 9.17) is 6.42 Å². The zero-order chi connectivity index (χ0) is 12.0. The molecule has 0 aliphatic rings. The molecule has 0 heterocycles. The predicted molar refractivity (Wildman–Crippen MR) is 69.2 cm³/mol. The summed E-state index contributed by atoms with van der Waals surface area (Å²) in [5.74, 6) is 2.30. The molecular formula is C12H13BrN2O. The largest absolute Gasteiger partial charge is 0.324 e. The number of hydrogen-bond donors (Lipinski definition) is 2. The average molecular weight is 281 g/mol. The first kappa shape index (κ1) is 12.8. The third-order valence-corrected chi connectivity index (χ3v) is 3.03. The Kier molecular flexibility index (Phi) is 5.03. The van der Waals surface area contributed by atoms with Crippen LogP contribution in [0.3, 0.4) is 0 Å². The average Bonchev–Trinajstić information content (AvgIpc) is 2.25. The maximum absolute atomic E-state index is 11.5. The molecule has 0 spiro atoms. The fourth-order valence-corrected chi connectivity index (χ4v) is 1.55. The van der Waals surface area contributed by atoms with E-state index in [0.717, 1.165) is 15.7 Å². The van der Waals surface area contributed by atoms with E-state index < -0.39 is 0 Å². The first-order valence-electron chi connectivity index (χ1n) is 4.84. The molecule has 3 nitrogen and oxygen atoms in total. The number of hydrogen-bond acceptors (Lipinski definition) is 2. The van der Waals surface area contributed by atoms with Gasteiger partial charge in [0, 0.05) is 4.47 Å². The van der Waals surface area contributed by atoms with Crippen molar-refractivity contribution < 1.29 is 4.79 Å². The van der Waals surface area contributed by atoms with Crippen LogP contribution in [-0.4, -0.2) is 19.0 Å². The first-order valence-corrected chi connectivity index (χ1v) is 5.63. The second kappa shape index (κ2) is 6.31. The maximum Gasteiger partial charge on any atom is 0.238 e. The molecule has 4 heteroatoms. The summed E-state index contributed by atoms with van der Waals surface area (Å²) < 4.78 is 0.903. The predicted octanol–water partition coefficient (Wildman–Crippen LogP) is 1.92. The quantitative estimate of drug-likeness (QED) is 0.654. The van der Waals surface area contributed by atoms with E-state index in [-0.39, 0.29) is 12.5 Å². The van der Waals surface area contributed by atoms with E-state index in [2.05, 4.69) is 32.5 Å². The van der Waals surface area contributed by atoms with Crippen LogP contribution in [-0.2, 0) is 4.79 Å². The maximum atomic E-state index is 11.5. The molecule has 1 aromatic rings. The van der Waals surface area contributed by atoms with Crippen LogP contribution in [0.5, 0.6) is 0 Å². The van der Waals surface area contributed by atoms with Crippen LogP contribution in [0.15, 0.2) is 22.7 Å². The van der Waals surface area contributed by atoms with Gasteiger partial charge in [0.1, 0.15) is 0 Å². The van der Waals surface area contributed by atoms with Gasteiger partial charge in [-0.3, -0.25) is 10.1 Å². The number of nitrogens with one attached hydrogen (secondary N) is 2. The third kappa shape index (κ3) is 3.69. The van der Waals surface area contributed by atoms with Crippen molar-refractivity contribution in [1.29, 1.82) is 0 Å². The molecular weight excluding hydrogens is 268 g/mol. The summed E-state index contributed by atoms with van der Waals surface area (Å²) in [6.07, 6.45) is 5.06. The Hall–Kier alpha value is -1.31. The van der Waals surface area contributed by atoms with Gasteiger partial charge in [-0.2, -0.15) is 0 Å². The number of terminal acetylenes is 1. The lowest BCUT2D eigenvalue weighted by Crippen LogP contribution is -2.28. The summed E-state index contributed by atoms with van der Waals surface area (Å²) in [6, 6.07) is 5.71. The molecule has 16 heavy (non-hydrogen) atoms. The zero-order valence-electron chi connectivity index (χ0n) is 9.01. The van der Waals surface area contributed by atoms with Crippen molar-refractivity contribution in [2.75, 3.05) is 18.4 Å². The number of halogens is 1. The summed E-state index contributed by atoms with van der Waals surface area (Å²) in [5.41, 5.74) is 1.85. The molecule has 0 saturated heterocycles. The Bertz CT molecular complexity index is 424. The van der Waals surface area contributed by atoms with Gasteiger partial charge in [-0.15, -0.1) is 6.42 Å². The number of rotatable bonds is 4. The van der Waals surface area contributed by atoms with Crippen LogP contribution in [0, 0.1) is 19.3 Å². The van der Waals surface area contributed by atoms with Crippen LogP contribution in [0.4, 0.5) is 5.69 Å². The zero-order valence-corrected chi connectivity index (χ0v) is 10.6. The van der Waals surface area contributed by atoms with Gasteiger partial charge in [0.15, 0.2) is 0 Å². The topological polar surface area (TPSA) is 41.1 Å². The van der Waals surface area contributed by atoms with E-state index in [1.165, 1.54) is 0 Å². The van der Waals surface area contributed by atoms with E-state index in [9.17, 15) is 4.79 Å². The van der Waals surface area contributed by atoms with Gasteiger partial charge in [0.05, 0.1) is 18.8 Å². The third-order valence-electron chi connectivity index (χ3n) is 1.98. The van der Waals surface area contributed by atoms with Gasteiger partial charge in [0.2, 0.25) is 5.91 Å². The highest BCUT2D eigenvalue weighted by Gasteiger charge is 2.05. The highest BCUT2D eigenvalue weighted by Crippen LogP contribution is 2.25. The SMILES string of the molecule is C#CCNCC(=O)Nc1cccc(C)c1Br.